The number of hydrogen-bond donors (Lipinski definition) is 8. The Bertz CT molecular complexity index is 759. The fourth-order valence-electron chi connectivity index (χ4n) is 2.87. The molecule has 1 unspecified atom stereocenters. The minimum Gasteiger partial charge on any atom is -0.504 e. The van der Waals surface area contributed by atoms with Gasteiger partial charge >= 0.3 is 11.9 Å². The van der Waals surface area contributed by atoms with E-state index in [0.717, 1.165) is 12.1 Å². The first kappa shape index (κ1) is 24.6. The van der Waals surface area contributed by atoms with E-state index in [4.69, 9.17) is 19.3 Å². The Labute approximate surface area is 175 Å². The lowest BCUT2D eigenvalue weighted by Crippen LogP contribution is -2.60. The fraction of sp³-hybridized carbons (Fsp3) is 0.556. The van der Waals surface area contributed by atoms with E-state index in [-0.39, 0.29) is 19.3 Å². The minimum atomic E-state index is -1.88. The van der Waals surface area contributed by atoms with E-state index in [0.29, 0.717) is 5.56 Å². The van der Waals surface area contributed by atoms with Crippen LogP contribution in [0.4, 0.5) is 0 Å². The Balaban J connectivity index is 1.75. The molecule has 8 N–H and O–H groups in total. The first-order chi connectivity index (χ1) is 14.5. The van der Waals surface area contributed by atoms with E-state index in [1.165, 1.54) is 0 Å². The Hall–Kier alpha value is -2.68. The van der Waals surface area contributed by atoms with Gasteiger partial charge in [0.2, 0.25) is 0 Å². The lowest BCUT2D eigenvalue weighted by atomic mass is 9.99. The van der Waals surface area contributed by atoms with Crippen molar-refractivity contribution >= 4 is 11.9 Å². The zero-order chi connectivity index (χ0) is 23.3. The first-order valence-electron chi connectivity index (χ1n) is 9.12. The van der Waals surface area contributed by atoms with E-state index in [1.807, 2.05) is 0 Å². The third-order valence-electron chi connectivity index (χ3n) is 4.55. The lowest BCUT2D eigenvalue weighted by molar-refractivity contribution is -0.307. The van der Waals surface area contributed by atoms with Crippen LogP contribution in [0, 0.1) is 0 Å². The molecule has 1 aromatic carbocycles. The van der Waals surface area contributed by atoms with Gasteiger partial charge in [-0.15, -0.1) is 0 Å². The van der Waals surface area contributed by atoms with Crippen LogP contribution in [0.3, 0.4) is 0 Å². The van der Waals surface area contributed by atoms with E-state index in [9.17, 15) is 45.3 Å². The average Bonchev–Trinajstić information content (AvgIpc) is 2.70. The summed E-state index contributed by atoms with van der Waals surface area (Å²) >= 11 is 0. The lowest BCUT2D eigenvalue weighted by Gasteiger charge is -2.38. The highest BCUT2D eigenvalue weighted by Crippen LogP contribution is 2.35. The molecule has 13 nitrogen and oxygen atoms in total. The molecule has 1 fully saturated rings. The molecule has 31 heavy (non-hydrogen) atoms. The van der Waals surface area contributed by atoms with Gasteiger partial charge in [-0.25, -0.2) is 4.79 Å². The SMILES string of the molecule is O=C(CCC(O)Cc1cc(O)c(O)c(O)c1)OCO[C@@H]1O[C@H](C(=O)O)[C@@H](O)[C@H](O)[C@H]1O. The van der Waals surface area contributed by atoms with E-state index in [1.54, 1.807) is 0 Å². The molecule has 2 rings (SSSR count). The Morgan fingerprint density at radius 2 is 1.65 bits per heavy atom. The van der Waals surface area contributed by atoms with Crippen molar-refractivity contribution in [2.24, 2.45) is 0 Å². The number of aliphatic hydroxyl groups is 4. The normalized spacial score (nSPS) is 26.9. The van der Waals surface area contributed by atoms with E-state index in [2.05, 4.69) is 0 Å². The number of ether oxygens (including phenoxy) is 3. The Morgan fingerprint density at radius 1 is 1.03 bits per heavy atom. The third-order valence-corrected chi connectivity index (χ3v) is 4.55. The van der Waals surface area contributed by atoms with E-state index >= 15 is 0 Å². The number of esters is 1. The molecule has 1 aliphatic rings. The number of aliphatic hydroxyl groups excluding tert-OH is 4. The zero-order valence-electron chi connectivity index (χ0n) is 16.1. The van der Waals surface area contributed by atoms with Crippen molar-refractivity contribution < 1.29 is 64.7 Å². The fourth-order valence-corrected chi connectivity index (χ4v) is 2.87. The number of phenols is 3. The molecular formula is C18H24O13. The molecule has 0 saturated carbocycles. The van der Waals surface area contributed by atoms with Gasteiger partial charge in [-0.2, -0.15) is 0 Å². The summed E-state index contributed by atoms with van der Waals surface area (Å²) < 4.78 is 14.5. The second-order valence-corrected chi connectivity index (χ2v) is 6.92. The van der Waals surface area contributed by atoms with Crippen molar-refractivity contribution in [3.8, 4) is 17.2 Å². The number of carboxylic acid groups (broad SMARTS) is 1. The summed E-state index contributed by atoms with van der Waals surface area (Å²) in [5.41, 5.74) is 0.314. The summed E-state index contributed by atoms with van der Waals surface area (Å²) in [6, 6.07) is 2.30. The average molecular weight is 448 g/mol. The highest BCUT2D eigenvalue weighted by Gasteiger charge is 2.47. The molecule has 13 heteroatoms. The smallest absolute Gasteiger partial charge is 0.335 e. The maximum absolute atomic E-state index is 11.8. The van der Waals surface area contributed by atoms with Gasteiger partial charge in [0.15, 0.2) is 36.4 Å². The number of carboxylic acids is 1. The molecule has 6 atom stereocenters. The van der Waals surface area contributed by atoms with Crippen LogP contribution >= 0.6 is 0 Å². The maximum Gasteiger partial charge on any atom is 0.335 e. The van der Waals surface area contributed by atoms with Crippen molar-refractivity contribution in [2.45, 2.75) is 56.1 Å². The number of aliphatic carboxylic acids is 1. The van der Waals surface area contributed by atoms with Crippen LogP contribution in [0.1, 0.15) is 18.4 Å². The highest BCUT2D eigenvalue weighted by molar-refractivity contribution is 5.73. The molecule has 1 aliphatic heterocycles. The van der Waals surface area contributed by atoms with Crippen molar-refractivity contribution in [1.82, 2.24) is 0 Å². The summed E-state index contributed by atoms with van der Waals surface area (Å²) in [7, 11) is 0. The van der Waals surface area contributed by atoms with Crippen LogP contribution in [-0.4, -0.2) is 96.4 Å². The van der Waals surface area contributed by atoms with Gasteiger partial charge in [-0.3, -0.25) is 4.79 Å². The first-order valence-corrected chi connectivity index (χ1v) is 9.12. The molecule has 0 aromatic heterocycles. The predicted molar refractivity (Wildman–Crippen MR) is 96.7 cm³/mol. The molecule has 1 saturated heterocycles. The van der Waals surface area contributed by atoms with Crippen LogP contribution in [0.25, 0.3) is 0 Å². The van der Waals surface area contributed by atoms with Crippen LogP contribution in [0.2, 0.25) is 0 Å². The zero-order valence-corrected chi connectivity index (χ0v) is 16.1. The number of rotatable bonds is 9. The molecule has 0 spiro atoms. The number of benzene rings is 1. The molecule has 0 aliphatic carbocycles. The summed E-state index contributed by atoms with van der Waals surface area (Å²) in [5, 5.41) is 76.1. The molecule has 0 amide bonds. The monoisotopic (exact) mass is 448 g/mol. The molecular weight excluding hydrogens is 424 g/mol. The highest BCUT2D eigenvalue weighted by atomic mass is 16.8. The largest absolute Gasteiger partial charge is 0.504 e. The number of carbonyl (C=O) groups is 2. The third kappa shape index (κ3) is 6.40. The van der Waals surface area contributed by atoms with Gasteiger partial charge in [0.25, 0.3) is 0 Å². The Kier molecular flexibility index (Phi) is 8.38. The van der Waals surface area contributed by atoms with Gasteiger partial charge in [-0.1, -0.05) is 0 Å². The van der Waals surface area contributed by atoms with Crippen molar-refractivity contribution in [3.63, 3.8) is 0 Å². The minimum absolute atomic E-state index is 0.0376. The van der Waals surface area contributed by atoms with Gasteiger partial charge in [0, 0.05) is 6.42 Å². The van der Waals surface area contributed by atoms with Crippen molar-refractivity contribution in [3.05, 3.63) is 17.7 Å². The maximum atomic E-state index is 11.8. The standard InChI is InChI=1S/C18H24O13/c19-8(3-7-4-9(20)12(23)10(21)5-7)1-2-11(22)29-6-30-18-15(26)13(24)14(25)16(31-18)17(27)28/h4-5,8,13-16,18-21,23-26H,1-3,6H2,(H,27,28)/t8?,13-,14-,15+,16-,18+/m0/s1. The number of hydrogen-bond acceptors (Lipinski definition) is 12. The molecule has 174 valence electrons. The van der Waals surface area contributed by atoms with Crippen LogP contribution < -0.4 is 0 Å². The molecule has 0 bridgehead atoms. The van der Waals surface area contributed by atoms with Gasteiger partial charge in [0.1, 0.15) is 18.3 Å². The van der Waals surface area contributed by atoms with Crippen LogP contribution in [0.5, 0.6) is 17.2 Å². The predicted octanol–water partition coefficient (Wildman–Crippen LogP) is -2.10. The summed E-state index contributed by atoms with van der Waals surface area (Å²) in [6.45, 7) is -0.758. The van der Waals surface area contributed by atoms with Gasteiger partial charge < -0.3 is 55.1 Å². The van der Waals surface area contributed by atoms with Crippen LogP contribution in [0.15, 0.2) is 12.1 Å². The Morgan fingerprint density at radius 3 is 2.23 bits per heavy atom. The summed E-state index contributed by atoms with van der Waals surface area (Å²) in [6.07, 6.45) is -10.5. The van der Waals surface area contributed by atoms with Crippen molar-refractivity contribution in [2.75, 3.05) is 6.79 Å². The van der Waals surface area contributed by atoms with Gasteiger partial charge in [0.05, 0.1) is 6.10 Å². The quantitative estimate of drug-likeness (QED) is 0.115. The molecule has 0 radical (unpaired) electrons. The number of aromatic hydroxyl groups is 3. The summed E-state index contributed by atoms with van der Waals surface area (Å²) in [4.78, 5) is 22.7. The summed E-state index contributed by atoms with van der Waals surface area (Å²) in [5.74, 6) is -4.21. The van der Waals surface area contributed by atoms with Crippen LogP contribution in [-0.2, 0) is 30.2 Å². The topological polar surface area (TPSA) is 224 Å². The second-order valence-electron chi connectivity index (χ2n) is 6.92. The second kappa shape index (κ2) is 10.6. The molecule has 1 aromatic rings. The van der Waals surface area contributed by atoms with Crippen molar-refractivity contribution in [1.29, 1.82) is 0 Å². The van der Waals surface area contributed by atoms with E-state index < -0.39 is 72.8 Å². The molecule has 1 heterocycles. The number of carbonyl (C=O) groups excluding carboxylic acids is 1. The van der Waals surface area contributed by atoms with Gasteiger partial charge in [-0.05, 0) is 30.5 Å². The number of phenolic OH excluding ortho intramolecular Hbond substituents is 3.